The standard InChI is InChI=1S/C11H8F3N3O/c12-11(13,14)10-2-1-8(5-15-10)7-18-9-3-4-16-17-6-9/h1-6H,7H2. The third-order valence-corrected chi connectivity index (χ3v) is 2.08. The Labute approximate surface area is 100 Å². The van der Waals surface area contributed by atoms with Crippen LogP contribution in [-0.2, 0) is 12.8 Å². The van der Waals surface area contributed by atoms with Crippen LogP contribution in [0.15, 0.2) is 36.8 Å². The topological polar surface area (TPSA) is 47.9 Å². The lowest BCUT2D eigenvalue weighted by Crippen LogP contribution is -2.08. The molecule has 0 saturated heterocycles. The molecule has 0 saturated carbocycles. The highest BCUT2D eigenvalue weighted by atomic mass is 19.4. The third-order valence-electron chi connectivity index (χ3n) is 2.08. The molecule has 0 aromatic carbocycles. The van der Waals surface area contributed by atoms with Crippen molar-refractivity contribution in [3.05, 3.63) is 48.0 Å². The summed E-state index contributed by atoms with van der Waals surface area (Å²) in [5.41, 5.74) is -0.378. The molecule has 18 heavy (non-hydrogen) atoms. The van der Waals surface area contributed by atoms with Gasteiger partial charge in [0, 0.05) is 17.8 Å². The maximum atomic E-state index is 12.3. The second-order valence-corrected chi connectivity index (χ2v) is 3.42. The fraction of sp³-hybridized carbons (Fsp3) is 0.182. The Balaban J connectivity index is 1.99. The molecule has 2 rings (SSSR count). The van der Waals surface area contributed by atoms with Crippen molar-refractivity contribution in [1.82, 2.24) is 15.2 Å². The van der Waals surface area contributed by atoms with Crippen LogP contribution in [0.1, 0.15) is 11.3 Å². The lowest BCUT2D eigenvalue weighted by Gasteiger charge is -2.07. The van der Waals surface area contributed by atoms with Crippen molar-refractivity contribution in [3.63, 3.8) is 0 Å². The second kappa shape index (κ2) is 4.99. The van der Waals surface area contributed by atoms with Crippen LogP contribution >= 0.6 is 0 Å². The second-order valence-electron chi connectivity index (χ2n) is 3.42. The molecule has 2 aromatic rings. The summed E-state index contributed by atoms with van der Waals surface area (Å²) in [6.07, 6.45) is -0.413. The molecule has 2 aromatic heterocycles. The molecule has 7 heteroatoms. The number of rotatable bonds is 3. The minimum absolute atomic E-state index is 0.122. The van der Waals surface area contributed by atoms with Gasteiger partial charge in [-0.05, 0) is 6.07 Å². The molecule has 0 unspecified atom stereocenters. The highest BCUT2D eigenvalue weighted by Crippen LogP contribution is 2.27. The molecule has 0 aliphatic rings. The first-order chi connectivity index (χ1) is 8.55. The summed E-state index contributed by atoms with van der Waals surface area (Å²) in [5.74, 6) is 0.491. The quantitative estimate of drug-likeness (QED) is 0.845. The number of halogens is 3. The van der Waals surface area contributed by atoms with Crippen LogP contribution < -0.4 is 4.74 Å². The normalized spacial score (nSPS) is 11.3. The van der Waals surface area contributed by atoms with E-state index in [1.54, 1.807) is 6.07 Å². The zero-order chi connectivity index (χ0) is 13.0. The predicted molar refractivity (Wildman–Crippen MR) is 55.6 cm³/mol. The highest BCUT2D eigenvalue weighted by molar-refractivity contribution is 5.17. The van der Waals surface area contributed by atoms with Crippen molar-refractivity contribution < 1.29 is 17.9 Å². The van der Waals surface area contributed by atoms with Crippen LogP contribution in [0.2, 0.25) is 0 Å². The van der Waals surface area contributed by atoms with Gasteiger partial charge in [-0.25, -0.2) is 0 Å². The Morgan fingerprint density at radius 1 is 1.06 bits per heavy atom. The van der Waals surface area contributed by atoms with E-state index < -0.39 is 11.9 Å². The van der Waals surface area contributed by atoms with Gasteiger partial charge in [0.1, 0.15) is 18.1 Å². The fourth-order valence-electron chi connectivity index (χ4n) is 1.21. The molecule has 0 bridgehead atoms. The number of ether oxygens (including phenoxy) is 1. The zero-order valence-electron chi connectivity index (χ0n) is 9.05. The molecule has 0 aliphatic carbocycles. The Kier molecular flexibility index (Phi) is 3.40. The summed E-state index contributed by atoms with van der Waals surface area (Å²) in [6, 6.07) is 3.85. The van der Waals surface area contributed by atoms with E-state index in [-0.39, 0.29) is 6.61 Å². The lowest BCUT2D eigenvalue weighted by atomic mass is 10.2. The van der Waals surface area contributed by atoms with E-state index in [0.717, 1.165) is 12.3 Å². The molecule has 0 amide bonds. The Morgan fingerprint density at radius 2 is 1.89 bits per heavy atom. The van der Waals surface area contributed by atoms with Gasteiger partial charge in [0.25, 0.3) is 0 Å². The van der Waals surface area contributed by atoms with E-state index in [0.29, 0.717) is 11.3 Å². The van der Waals surface area contributed by atoms with Crippen molar-refractivity contribution in [1.29, 1.82) is 0 Å². The average molecular weight is 255 g/mol. The van der Waals surface area contributed by atoms with E-state index in [1.165, 1.54) is 18.5 Å². The first kappa shape index (κ1) is 12.3. The number of nitrogens with zero attached hydrogens (tertiary/aromatic N) is 3. The summed E-state index contributed by atoms with van der Waals surface area (Å²) < 4.78 is 42.1. The van der Waals surface area contributed by atoms with Crippen LogP contribution in [0.4, 0.5) is 13.2 Å². The third kappa shape index (κ3) is 3.16. The van der Waals surface area contributed by atoms with E-state index in [4.69, 9.17) is 4.74 Å². The molecular weight excluding hydrogens is 247 g/mol. The SMILES string of the molecule is FC(F)(F)c1ccc(COc2ccnnc2)cn1. The smallest absolute Gasteiger partial charge is 0.433 e. The minimum Gasteiger partial charge on any atom is -0.487 e. The van der Waals surface area contributed by atoms with E-state index in [2.05, 4.69) is 15.2 Å². The monoisotopic (exact) mass is 255 g/mol. The van der Waals surface area contributed by atoms with Gasteiger partial charge in [-0.15, -0.1) is 0 Å². The summed E-state index contributed by atoms with van der Waals surface area (Å²) >= 11 is 0. The molecule has 0 aliphatic heterocycles. The van der Waals surface area contributed by atoms with Crippen LogP contribution in [0, 0.1) is 0 Å². The summed E-state index contributed by atoms with van der Waals surface area (Å²) in [5, 5.41) is 7.18. The van der Waals surface area contributed by atoms with Gasteiger partial charge in [0.05, 0.1) is 12.4 Å². The summed E-state index contributed by atoms with van der Waals surface area (Å²) in [7, 11) is 0. The van der Waals surface area contributed by atoms with Gasteiger partial charge in [0.2, 0.25) is 0 Å². The Hall–Kier alpha value is -2.18. The molecule has 0 fully saturated rings. The molecule has 0 radical (unpaired) electrons. The summed E-state index contributed by atoms with van der Waals surface area (Å²) in [6.45, 7) is 0.122. The van der Waals surface area contributed by atoms with E-state index in [1.807, 2.05) is 0 Å². The zero-order valence-corrected chi connectivity index (χ0v) is 9.05. The Bertz CT molecular complexity index is 499. The number of pyridine rings is 1. The van der Waals surface area contributed by atoms with Crippen molar-refractivity contribution in [2.75, 3.05) is 0 Å². The van der Waals surface area contributed by atoms with Gasteiger partial charge >= 0.3 is 6.18 Å². The maximum Gasteiger partial charge on any atom is 0.433 e. The van der Waals surface area contributed by atoms with Gasteiger partial charge < -0.3 is 4.74 Å². The van der Waals surface area contributed by atoms with Gasteiger partial charge in [0.15, 0.2) is 0 Å². The lowest BCUT2D eigenvalue weighted by molar-refractivity contribution is -0.141. The average Bonchev–Trinajstić information content (AvgIpc) is 2.37. The van der Waals surface area contributed by atoms with Crippen LogP contribution in [0.5, 0.6) is 5.75 Å². The molecule has 2 heterocycles. The van der Waals surface area contributed by atoms with Gasteiger partial charge in [-0.3, -0.25) is 4.98 Å². The summed E-state index contributed by atoms with van der Waals surface area (Å²) in [4.78, 5) is 3.33. The number of aromatic nitrogens is 3. The predicted octanol–water partition coefficient (Wildman–Crippen LogP) is 2.47. The number of hydrogen-bond donors (Lipinski definition) is 0. The van der Waals surface area contributed by atoms with Gasteiger partial charge in [-0.1, -0.05) is 6.07 Å². The molecule has 94 valence electrons. The van der Waals surface area contributed by atoms with Crippen molar-refractivity contribution >= 4 is 0 Å². The van der Waals surface area contributed by atoms with Crippen molar-refractivity contribution in [3.8, 4) is 5.75 Å². The molecule has 0 atom stereocenters. The number of alkyl halides is 3. The van der Waals surface area contributed by atoms with Crippen molar-refractivity contribution in [2.24, 2.45) is 0 Å². The van der Waals surface area contributed by atoms with Crippen LogP contribution in [0.25, 0.3) is 0 Å². The highest BCUT2D eigenvalue weighted by Gasteiger charge is 2.31. The van der Waals surface area contributed by atoms with Gasteiger partial charge in [-0.2, -0.15) is 23.4 Å². The van der Waals surface area contributed by atoms with Crippen LogP contribution in [0.3, 0.4) is 0 Å². The molecule has 4 nitrogen and oxygen atoms in total. The van der Waals surface area contributed by atoms with E-state index in [9.17, 15) is 13.2 Å². The number of hydrogen-bond acceptors (Lipinski definition) is 4. The minimum atomic E-state index is -4.42. The van der Waals surface area contributed by atoms with E-state index >= 15 is 0 Å². The molecule has 0 N–H and O–H groups in total. The fourth-order valence-corrected chi connectivity index (χ4v) is 1.21. The maximum absolute atomic E-state index is 12.3. The largest absolute Gasteiger partial charge is 0.487 e. The molecule has 0 spiro atoms. The Morgan fingerprint density at radius 3 is 2.44 bits per heavy atom. The van der Waals surface area contributed by atoms with Crippen molar-refractivity contribution in [2.45, 2.75) is 12.8 Å². The molecular formula is C11H8F3N3O. The van der Waals surface area contributed by atoms with Crippen LogP contribution in [-0.4, -0.2) is 15.2 Å². The first-order valence-corrected chi connectivity index (χ1v) is 4.97. The first-order valence-electron chi connectivity index (χ1n) is 4.97.